The number of nitrogens with zero attached hydrogens (tertiary/aromatic N) is 5. The van der Waals surface area contributed by atoms with Crippen LogP contribution in [-0.2, 0) is 44.8 Å². The van der Waals surface area contributed by atoms with Gasteiger partial charge in [0.15, 0.2) is 0 Å². The highest BCUT2D eigenvalue weighted by molar-refractivity contribution is 5.81. The molecule has 10 atom stereocenters. The second kappa shape index (κ2) is 41.5. The number of hydrogen-bond acceptors (Lipinski definition) is 13. The van der Waals surface area contributed by atoms with Gasteiger partial charge in [-0.3, -0.25) is 9.59 Å². The summed E-state index contributed by atoms with van der Waals surface area (Å²) in [5.41, 5.74) is 1.10. The fourth-order valence-electron chi connectivity index (χ4n) is 8.12. The first-order valence-corrected chi connectivity index (χ1v) is 23.7. The van der Waals surface area contributed by atoms with E-state index in [4.69, 9.17) is 14.2 Å². The molecule has 4 rings (SSSR count). The molecule has 1 aromatic carbocycles. The molecule has 2 amide bonds. The Balaban J connectivity index is -0.000000736. The van der Waals surface area contributed by atoms with Crippen molar-refractivity contribution in [1.82, 2.24) is 25.3 Å². The van der Waals surface area contributed by atoms with Crippen LogP contribution in [-0.4, -0.2) is 156 Å². The number of likely N-dealkylation sites (N-methyl/N-ethyl adjacent to an activating group) is 3. The minimum atomic E-state index is -0.00412. The molecule has 2 saturated heterocycles. The van der Waals surface area contributed by atoms with Gasteiger partial charge in [-0.2, -0.15) is 5.10 Å². The molecule has 376 valence electrons. The van der Waals surface area contributed by atoms with Crippen LogP contribution in [0.25, 0.3) is 0 Å². The molecular formula is C50H93N7O8. The van der Waals surface area contributed by atoms with Gasteiger partial charge in [-0.25, -0.2) is 0 Å². The lowest BCUT2D eigenvalue weighted by Gasteiger charge is -2.34. The molecule has 15 heteroatoms. The summed E-state index contributed by atoms with van der Waals surface area (Å²) < 4.78 is 16.3. The van der Waals surface area contributed by atoms with Crippen LogP contribution in [0.15, 0.2) is 40.5 Å². The van der Waals surface area contributed by atoms with E-state index in [9.17, 15) is 24.0 Å². The monoisotopic (exact) mass is 920 g/mol. The van der Waals surface area contributed by atoms with E-state index >= 15 is 0 Å². The molecule has 65 heavy (non-hydrogen) atoms. The van der Waals surface area contributed by atoms with Crippen LogP contribution in [0, 0.1) is 17.8 Å². The van der Waals surface area contributed by atoms with Crippen LogP contribution in [0.3, 0.4) is 0 Å². The van der Waals surface area contributed by atoms with Gasteiger partial charge in [-0.1, -0.05) is 91.6 Å². The van der Waals surface area contributed by atoms with Crippen molar-refractivity contribution in [3.8, 4) is 0 Å². The smallest absolute Gasteiger partial charge is 0.225 e. The van der Waals surface area contributed by atoms with E-state index in [1.54, 1.807) is 21.1 Å². The number of likely N-dealkylation sites (tertiary alicyclic amines) is 2. The van der Waals surface area contributed by atoms with E-state index in [2.05, 4.69) is 83.9 Å². The third-order valence-electron chi connectivity index (χ3n) is 11.6. The molecule has 1 aliphatic carbocycles. The van der Waals surface area contributed by atoms with Crippen molar-refractivity contribution < 1.29 is 38.2 Å². The quantitative estimate of drug-likeness (QED) is 0.0477. The largest absolute Gasteiger partial charge is 0.474 e. The molecule has 1 aromatic rings. The van der Waals surface area contributed by atoms with Crippen molar-refractivity contribution in [3.05, 3.63) is 35.9 Å². The minimum Gasteiger partial charge on any atom is -0.474 e. The zero-order chi connectivity index (χ0) is 50.3. The first-order chi connectivity index (χ1) is 31.1. The van der Waals surface area contributed by atoms with E-state index in [1.165, 1.54) is 32.1 Å². The van der Waals surface area contributed by atoms with Crippen molar-refractivity contribution >= 4 is 43.8 Å². The van der Waals surface area contributed by atoms with Crippen LogP contribution >= 0.6 is 0 Å². The Morgan fingerprint density at radius 3 is 1.95 bits per heavy atom. The molecule has 1 saturated carbocycles. The fourth-order valence-corrected chi connectivity index (χ4v) is 8.12. The molecule has 2 heterocycles. The lowest BCUT2D eigenvalue weighted by molar-refractivity contribution is -0.132. The summed E-state index contributed by atoms with van der Waals surface area (Å²) in [5, 5.41) is 12.5. The van der Waals surface area contributed by atoms with E-state index in [1.807, 2.05) is 79.2 Å². The van der Waals surface area contributed by atoms with Gasteiger partial charge in [0.1, 0.15) is 25.5 Å². The molecule has 3 fully saturated rings. The molecular weight excluding hydrogens is 827 g/mol. The second-order valence-electron chi connectivity index (χ2n) is 16.6. The molecule has 15 nitrogen and oxygen atoms in total. The molecule has 0 radical (unpaired) electrons. The number of aldehydes is 3. The SMILES string of the molecule is C=N/N=C(\OCc1ccccc1)[C@H](C)NC.CC.CC(=O)N1C2CCC(C2)C1C.CCC.CCC(C)C(C(CC=O)OC)N(C)C.COC(C(C)C=O)C1CCCN1C.O=CCNC=O. The number of piperidine rings is 1. The van der Waals surface area contributed by atoms with Crippen molar-refractivity contribution in [2.75, 3.05) is 55.5 Å². The summed E-state index contributed by atoms with van der Waals surface area (Å²) in [7, 11) is 11.4. The Morgan fingerprint density at radius 2 is 1.60 bits per heavy atom. The third-order valence-corrected chi connectivity index (χ3v) is 11.6. The Kier molecular flexibility index (Phi) is 41.8. The topological polar surface area (TPSA) is 172 Å². The normalized spacial score (nSPS) is 20.9. The third kappa shape index (κ3) is 26.7. The average Bonchev–Trinajstić information content (AvgIpc) is 4.05. The number of carbonyl (C=O) groups is 5. The van der Waals surface area contributed by atoms with Crippen LogP contribution in [0.2, 0.25) is 0 Å². The molecule has 2 bridgehead atoms. The highest BCUT2D eigenvalue weighted by Gasteiger charge is 2.44. The number of rotatable bonds is 19. The summed E-state index contributed by atoms with van der Waals surface area (Å²) >= 11 is 0. The molecule has 3 aliphatic rings. The maximum Gasteiger partial charge on any atom is 0.225 e. The molecule has 0 spiro atoms. The summed E-state index contributed by atoms with van der Waals surface area (Å²) in [5.74, 6) is 2.15. The number of hydrogen-bond donors (Lipinski definition) is 2. The highest BCUT2D eigenvalue weighted by Crippen LogP contribution is 2.42. The van der Waals surface area contributed by atoms with Gasteiger partial charge in [-0.15, -0.1) is 5.10 Å². The predicted octanol–water partition coefficient (Wildman–Crippen LogP) is 7.10. The first-order valence-electron chi connectivity index (χ1n) is 23.7. The number of fused-ring (bicyclic) bond motifs is 2. The average molecular weight is 920 g/mol. The predicted molar refractivity (Wildman–Crippen MR) is 267 cm³/mol. The molecule has 2 aliphatic heterocycles. The van der Waals surface area contributed by atoms with Gasteiger partial charge in [0.2, 0.25) is 18.2 Å². The Bertz CT molecular complexity index is 1380. The zero-order valence-electron chi connectivity index (χ0n) is 43.5. The summed E-state index contributed by atoms with van der Waals surface area (Å²) in [6, 6.07) is 11.8. The minimum absolute atomic E-state index is 0.00412. The van der Waals surface area contributed by atoms with Gasteiger partial charge >= 0.3 is 0 Å². The van der Waals surface area contributed by atoms with Gasteiger partial charge < -0.3 is 53.9 Å². The van der Waals surface area contributed by atoms with Crippen molar-refractivity contribution in [3.63, 3.8) is 0 Å². The van der Waals surface area contributed by atoms with E-state index in [0.717, 1.165) is 43.4 Å². The zero-order valence-corrected chi connectivity index (χ0v) is 43.5. The van der Waals surface area contributed by atoms with E-state index < -0.39 is 0 Å². The van der Waals surface area contributed by atoms with Crippen LogP contribution in [0.4, 0.5) is 0 Å². The van der Waals surface area contributed by atoms with Gasteiger partial charge in [-0.05, 0) is 98.1 Å². The number of benzene rings is 1. The van der Waals surface area contributed by atoms with Crippen molar-refractivity contribution in [2.45, 2.75) is 170 Å². The Labute approximate surface area is 395 Å². The van der Waals surface area contributed by atoms with Gasteiger partial charge in [0, 0.05) is 64.4 Å². The number of methoxy groups -OCH3 is 2. The van der Waals surface area contributed by atoms with Crippen LogP contribution in [0.1, 0.15) is 126 Å². The molecule has 2 N–H and O–H groups in total. The van der Waals surface area contributed by atoms with Crippen molar-refractivity contribution in [1.29, 1.82) is 0 Å². The maximum atomic E-state index is 11.2. The molecule has 9 unspecified atom stereocenters. The fraction of sp³-hybridized carbons (Fsp3) is 0.740. The first kappa shape index (κ1) is 65.4. The summed E-state index contributed by atoms with van der Waals surface area (Å²) in [6.07, 6.45) is 12.1. The van der Waals surface area contributed by atoms with E-state index in [0.29, 0.717) is 61.7 Å². The van der Waals surface area contributed by atoms with Gasteiger partial charge in [0.25, 0.3) is 0 Å². The number of amides is 2. The van der Waals surface area contributed by atoms with Crippen LogP contribution in [0.5, 0.6) is 0 Å². The Hall–Kier alpha value is -3.89. The summed E-state index contributed by atoms with van der Waals surface area (Å²) in [4.78, 5) is 57.5. The van der Waals surface area contributed by atoms with Crippen molar-refractivity contribution in [2.24, 2.45) is 28.0 Å². The molecule has 0 aromatic heterocycles. The number of carbonyl (C=O) groups excluding carboxylic acids is 5. The van der Waals surface area contributed by atoms with Gasteiger partial charge in [0.05, 0.1) is 24.8 Å². The standard InChI is InChI=1S/C12H17N3O.C11H23NO2.C10H19NO2.C9H15NO.C3H5NO2.C3H8.C2H6/c1-10(13-2)12(15-14-3)16-9-11-7-5-4-6-8-11;1-6-9(2)11(12(3)4)10(14-5)7-8-13;1-8(7-12)10(13-3)9-5-4-6-11(9)2;1-6-8-3-4-9(5-8)10(6)7(2)11;5-2-1-4-3-6;1-3-2;1-2/h4-8,10,13H,3,9H2,1-2H3;8-11H,6-7H2,1-5H3;7-10H,4-6H2,1-3H3;6,8-9H,3-5H2,1-2H3;2-3H,1H2,(H,4,6);3H2,1-2H3;1-2H3/b15-12-;;;;;;/t10-;;;;;;/m0....../s1. The van der Waals surface area contributed by atoms with Crippen LogP contribution < -0.4 is 10.6 Å². The van der Waals surface area contributed by atoms with E-state index in [-0.39, 0.29) is 36.6 Å². The lowest BCUT2D eigenvalue weighted by Crippen LogP contribution is -2.44. The second-order valence-corrected chi connectivity index (χ2v) is 16.6. The number of ether oxygens (including phenoxy) is 3. The highest BCUT2D eigenvalue weighted by atomic mass is 16.5. The maximum absolute atomic E-state index is 11.2. The Morgan fingerprint density at radius 1 is 0.985 bits per heavy atom. The number of nitrogens with one attached hydrogen (secondary N) is 2. The lowest BCUT2D eigenvalue weighted by atomic mass is 9.92. The summed E-state index contributed by atoms with van der Waals surface area (Å²) in [6.45, 7) is 25.4.